The van der Waals surface area contributed by atoms with Gasteiger partial charge in [-0.25, -0.2) is 9.48 Å². The molecule has 9 nitrogen and oxygen atoms in total. The first-order valence-electron chi connectivity index (χ1n) is 11.7. The van der Waals surface area contributed by atoms with E-state index in [1.54, 1.807) is 18.7 Å². The average Bonchev–Trinajstić information content (AvgIpc) is 3.32. The summed E-state index contributed by atoms with van der Waals surface area (Å²) < 4.78 is 29.1. The Morgan fingerprint density at radius 2 is 1.83 bits per heavy atom. The van der Waals surface area contributed by atoms with E-state index in [9.17, 15) is 4.79 Å². The van der Waals surface area contributed by atoms with Crippen molar-refractivity contribution in [2.75, 3.05) is 60.0 Å². The minimum Gasteiger partial charge on any atom is -0.476 e. The number of carbonyl (C=O) groups is 1. The van der Waals surface area contributed by atoms with Crippen molar-refractivity contribution in [3.05, 3.63) is 60.3 Å². The van der Waals surface area contributed by atoms with Crippen LogP contribution < -0.4 is 9.47 Å². The van der Waals surface area contributed by atoms with Gasteiger partial charge in [-0.05, 0) is 30.7 Å². The average molecular weight is 482 g/mol. The van der Waals surface area contributed by atoms with Crippen molar-refractivity contribution in [2.24, 2.45) is 0 Å². The highest BCUT2D eigenvalue weighted by molar-refractivity contribution is 5.92. The van der Waals surface area contributed by atoms with E-state index in [0.29, 0.717) is 18.1 Å². The Hall–Kier alpha value is -3.40. The lowest BCUT2D eigenvalue weighted by Gasteiger charge is -2.26. The molecule has 0 amide bonds. The zero-order chi connectivity index (χ0) is 24.5. The standard InChI is InChI=1S/C26H31N3O6/c1-3-33-26(30)23-18-27-29(25(23)34-17-14-28-12-15-32-16-13-28)21-10-8-20(9-11-21)22-6-4-5-7-24(22)35-19-31-2/h4-11,18H,3,12-17,19H2,1-2H3. The second kappa shape index (κ2) is 12.3. The molecule has 1 aliphatic rings. The van der Waals surface area contributed by atoms with Gasteiger partial charge in [0.2, 0.25) is 5.88 Å². The number of rotatable bonds is 11. The number of para-hydroxylation sites is 1. The zero-order valence-corrected chi connectivity index (χ0v) is 20.1. The smallest absolute Gasteiger partial charge is 0.345 e. The Kier molecular flexibility index (Phi) is 8.72. The Morgan fingerprint density at radius 1 is 1.06 bits per heavy atom. The van der Waals surface area contributed by atoms with Crippen molar-refractivity contribution >= 4 is 5.97 Å². The van der Waals surface area contributed by atoms with Gasteiger partial charge in [-0.3, -0.25) is 4.90 Å². The van der Waals surface area contributed by atoms with Crippen molar-refractivity contribution in [3.63, 3.8) is 0 Å². The molecule has 1 aromatic heterocycles. The van der Waals surface area contributed by atoms with E-state index in [-0.39, 0.29) is 13.4 Å². The number of esters is 1. The van der Waals surface area contributed by atoms with Crippen molar-refractivity contribution in [1.29, 1.82) is 0 Å². The summed E-state index contributed by atoms with van der Waals surface area (Å²) in [6.07, 6.45) is 1.49. The Bertz CT molecular complexity index is 1090. The molecule has 0 aliphatic carbocycles. The van der Waals surface area contributed by atoms with E-state index in [1.165, 1.54) is 6.20 Å². The van der Waals surface area contributed by atoms with Gasteiger partial charge in [0, 0.05) is 32.3 Å². The summed E-state index contributed by atoms with van der Waals surface area (Å²) >= 11 is 0. The van der Waals surface area contributed by atoms with E-state index in [0.717, 1.165) is 55.4 Å². The van der Waals surface area contributed by atoms with Crippen LogP contribution in [0.15, 0.2) is 54.7 Å². The molecule has 0 spiro atoms. The van der Waals surface area contributed by atoms with Crippen molar-refractivity contribution < 1.29 is 28.5 Å². The molecule has 0 atom stereocenters. The van der Waals surface area contributed by atoms with Crippen LogP contribution in [0.3, 0.4) is 0 Å². The molecule has 9 heteroatoms. The van der Waals surface area contributed by atoms with Gasteiger partial charge in [0.1, 0.15) is 17.9 Å². The van der Waals surface area contributed by atoms with Crippen LogP contribution in [-0.2, 0) is 14.2 Å². The topological polar surface area (TPSA) is 84.3 Å². The zero-order valence-electron chi connectivity index (χ0n) is 20.1. The lowest BCUT2D eigenvalue weighted by atomic mass is 10.0. The Balaban J connectivity index is 1.56. The molecule has 0 N–H and O–H groups in total. The maximum Gasteiger partial charge on any atom is 0.345 e. The summed E-state index contributed by atoms with van der Waals surface area (Å²) in [7, 11) is 1.59. The fraction of sp³-hybridized carbons (Fsp3) is 0.385. The molecule has 0 unspecified atom stereocenters. The molecule has 2 aromatic carbocycles. The number of benzene rings is 2. The van der Waals surface area contributed by atoms with Gasteiger partial charge in [-0.2, -0.15) is 5.10 Å². The molecule has 0 saturated carbocycles. The third kappa shape index (κ3) is 6.19. The van der Waals surface area contributed by atoms with Crippen LogP contribution >= 0.6 is 0 Å². The van der Waals surface area contributed by atoms with Crippen LogP contribution in [0.5, 0.6) is 11.6 Å². The molecule has 1 saturated heterocycles. The lowest BCUT2D eigenvalue weighted by molar-refractivity contribution is 0.0316. The third-order valence-corrected chi connectivity index (χ3v) is 5.61. The lowest BCUT2D eigenvalue weighted by Crippen LogP contribution is -2.38. The SMILES string of the molecule is CCOC(=O)c1cnn(-c2ccc(-c3ccccc3OCOC)cc2)c1OCCN1CCOCC1. The molecule has 2 heterocycles. The fourth-order valence-corrected chi connectivity index (χ4v) is 3.84. The summed E-state index contributed by atoms with van der Waals surface area (Å²) in [4.78, 5) is 14.8. The summed E-state index contributed by atoms with van der Waals surface area (Å²) in [6.45, 7) is 6.54. The van der Waals surface area contributed by atoms with Crippen molar-refractivity contribution in [2.45, 2.75) is 6.92 Å². The van der Waals surface area contributed by atoms with Crippen molar-refractivity contribution in [3.8, 4) is 28.4 Å². The highest BCUT2D eigenvalue weighted by Gasteiger charge is 2.22. The molecule has 35 heavy (non-hydrogen) atoms. The van der Waals surface area contributed by atoms with Gasteiger partial charge in [0.15, 0.2) is 6.79 Å². The molecule has 0 bridgehead atoms. The number of hydrogen-bond donors (Lipinski definition) is 0. The monoisotopic (exact) mass is 481 g/mol. The molecule has 1 aliphatic heterocycles. The number of nitrogens with zero attached hydrogens (tertiary/aromatic N) is 3. The predicted octanol–water partition coefficient (Wildman–Crippen LogP) is 3.41. The first-order chi connectivity index (χ1) is 17.2. The molecular weight excluding hydrogens is 450 g/mol. The minimum atomic E-state index is -0.457. The predicted molar refractivity (Wildman–Crippen MR) is 130 cm³/mol. The van der Waals surface area contributed by atoms with Crippen LogP contribution in [0.1, 0.15) is 17.3 Å². The number of ether oxygens (including phenoxy) is 5. The number of morpholine rings is 1. The normalized spacial score (nSPS) is 14.0. The van der Waals surface area contributed by atoms with Crippen LogP contribution in [0.2, 0.25) is 0 Å². The van der Waals surface area contributed by atoms with Gasteiger partial charge in [0.05, 0.1) is 31.7 Å². The van der Waals surface area contributed by atoms with Gasteiger partial charge >= 0.3 is 5.97 Å². The highest BCUT2D eigenvalue weighted by atomic mass is 16.7. The largest absolute Gasteiger partial charge is 0.476 e. The molecule has 0 radical (unpaired) electrons. The van der Waals surface area contributed by atoms with E-state index >= 15 is 0 Å². The van der Waals surface area contributed by atoms with Crippen LogP contribution in [-0.4, -0.2) is 80.6 Å². The second-order valence-corrected chi connectivity index (χ2v) is 7.89. The van der Waals surface area contributed by atoms with E-state index < -0.39 is 5.97 Å². The Morgan fingerprint density at radius 3 is 2.57 bits per heavy atom. The second-order valence-electron chi connectivity index (χ2n) is 7.89. The molecular formula is C26H31N3O6. The van der Waals surface area contributed by atoms with Gasteiger partial charge in [-0.1, -0.05) is 30.3 Å². The number of aromatic nitrogens is 2. The summed E-state index contributed by atoms with van der Waals surface area (Å²) in [5.74, 6) is 0.646. The van der Waals surface area contributed by atoms with Crippen LogP contribution in [0.25, 0.3) is 16.8 Å². The molecule has 1 fully saturated rings. The molecule has 4 rings (SSSR count). The van der Waals surface area contributed by atoms with Gasteiger partial charge in [0.25, 0.3) is 0 Å². The Labute approximate surface area is 205 Å². The van der Waals surface area contributed by atoms with Crippen LogP contribution in [0, 0.1) is 0 Å². The quantitative estimate of drug-likeness (QED) is 0.304. The summed E-state index contributed by atoms with van der Waals surface area (Å²) in [6, 6.07) is 15.6. The maximum absolute atomic E-state index is 12.5. The van der Waals surface area contributed by atoms with Gasteiger partial charge < -0.3 is 23.7 Å². The third-order valence-electron chi connectivity index (χ3n) is 5.61. The minimum absolute atomic E-state index is 0.171. The number of methoxy groups -OCH3 is 1. The van der Waals surface area contributed by atoms with Crippen LogP contribution in [0.4, 0.5) is 0 Å². The van der Waals surface area contributed by atoms with Crippen molar-refractivity contribution in [1.82, 2.24) is 14.7 Å². The fourth-order valence-electron chi connectivity index (χ4n) is 3.84. The van der Waals surface area contributed by atoms with E-state index in [4.69, 9.17) is 23.7 Å². The summed E-state index contributed by atoms with van der Waals surface area (Å²) in [5.41, 5.74) is 3.00. The first kappa shape index (κ1) is 24.7. The first-order valence-corrected chi connectivity index (χ1v) is 11.7. The highest BCUT2D eigenvalue weighted by Crippen LogP contribution is 2.31. The number of hydrogen-bond acceptors (Lipinski definition) is 8. The number of carbonyl (C=O) groups excluding carboxylic acids is 1. The summed E-state index contributed by atoms with van der Waals surface area (Å²) in [5, 5.41) is 4.43. The van der Waals surface area contributed by atoms with E-state index in [2.05, 4.69) is 10.00 Å². The molecule has 3 aromatic rings. The molecule has 186 valence electrons. The van der Waals surface area contributed by atoms with Gasteiger partial charge in [-0.15, -0.1) is 0 Å². The maximum atomic E-state index is 12.5. The van der Waals surface area contributed by atoms with E-state index in [1.807, 2.05) is 48.5 Å².